The number of ether oxygens (including phenoxy) is 1. The first kappa shape index (κ1) is 35.9. The average Bonchev–Trinajstić information content (AvgIpc) is 2.82. The Labute approximate surface area is 248 Å². The second-order valence-electron chi connectivity index (χ2n) is 11.5. The van der Waals surface area contributed by atoms with Gasteiger partial charge in [-0.1, -0.05) is 67.7 Å². The minimum Gasteiger partial charge on any atom is -0.460 e. The molecule has 0 spiro atoms. The highest BCUT2D eigenvalue weighted by molar-refractivity contribution is 6.74. The van der Waals surface area contributed by atoms with Gasteiger partial charge in [0.2, 0.25) is 9.70 Å². The molecule has 0 aromatic rings. The second kappa shape index (κ2) is 15.2. The highest BCUT2D eigenvalue weighted by Gasteiger charge is 2.42. The Morgan fingerprint density at radius 3 is 2.31 bits per heavy atom. The number of nitrogens with zero attached hydrogens (tertiary/aromatic N) is 1. The number of Topliss-reactive ketones (excluding diaryl/α,β-unsaturated/α-hetero) is 1. The quantitative estimate of drug-likeness (QED) is 0.137. The van der Waals surface area contributed by atoms with Gasteiger partial charge in [-0.25, -0.2) is 5.43 Å². The molecule has 0 bridgehead atoms. The summed E-state index contributed by atoms with van der Waals surface area (Å²) in [6.45, 7) is 15.6. The van der Waals surface area contributed by atoms with Crippen LogP contribution in [0.5, 0.6) is 0 Å². The Hall–Kier alpha value is -1.17. The van der Waals surface area contributed by atoms with Gasteiger partial charge < -0.3 is 14.5 Å². The number of allylic oxidation sites excluding steroid dienone is 2. The Balaban J connectivity index is 2.94. The smallest absolute Gasteiger partial charge is 0.325 e. The van der Waals surface area contributed by atoms with Gasteiger partial charge in [0.1, 0.15) is 24.5 Å². The van der Waals surface area contributed by atoms with E-state index < -0.39 is 60.6 Å². The molecule has 1 aliphatic heterocycles. The number of hydrogen-bond acceptors (Lipinski definition) is 7. The van der Waals surface area contributed by atoms with Gasteiger partial charge in [-0.05, 0) is 51.7 Å². The lowest BCUT2D eigenvalue weighted by molar-refractivity contribution is -0.153. The van der Waals surface area contributed by atoms with Crippen LogP contribution in [-0.2, 0) is 28.3 Å². The average molecular weight is 629 g/mol. The lowest BCUT2D eigenvalue weighted by Crippen LogP contribution is -2.60. The molecule has 2 amide bonds. The normalized spacial score (nSPS) is 19.4. The van der Waals surface area contributed by atoms with Gasteiger partial charge in [0.25, 0.3) is 5.91 Å². The molecule has 0 radical (unpaired) electrons. The maximum absolute atomic E-state index is 13.4. The number of hydrogen-bond donors (Lipinski definition) is 2. The predicted molar refractivity (Wildman–Crippen MR) is 157 cm³/mol. The molecule has 1 rings (SSSR count). The first-order valence-electron chi connectivity index (χ1n) is 13.2. The van der Waals surface area contributed by atoms with Gasteiger partial charge in [-0.15, -0.1) is 0 Å². The molecule has 0 saturated carbocycles. The molecule has 1 saturated heterocycles. The highest BCUT2D eigenvalue weighted by atomic mass is 35.6. The van der Waals surface area contributed by atoms with E-state index in [0.717, 1.165) is 0 Å². The lowest BCUT2D eigenvalue weighted by atomic mass is 9.94. The molecule has 1 heterocycles. The number of halogens is 3. The van der Waals surface area contributed by atoms with Crippen LogP contribution in [0.1, 0.15) is 67.2 Å². The van der Waals surface area contributed by atoms with Gasteiger partial charge in [0.15, 0.2) is 8.32 Å². The number of esters is 1. The van der Waals surface area contributed by atoms with Crippen molar-refractivity contribution in [2.45, 2.75) is 107 Å². The Kier molecular flexibility index (Phi) is 13.9. The summed E-state index contributed by atoms with van der Waals surface area (Å²) in [5.74, 6) is -2.38. The maximum atomic E-state index is 13.4. The Bertz CT molecular complexity index is 904. The van der Waals surface area contributed by atoms with Crippen LogP contribution in [0.25, 0.3) is 0 Å². The summed E-state index contributed by atoms with van der Waals surface area (Å²) < 4.78 is 9.75. The molecular weight excluding hydrogens is 585 g/mol. The predicted octanol–water partition coefficient (Wildman–Crippen LogP) is 4.85. The minimum absolute atomic E-state index is 0.00798. The van der Waals surface area contributed by atoms with Crippen LogP contribution in [-0.4, -0.2) is 72.0 Å². The van der Waals surface area contributed by atoms with Crippen LogP contribution in [0.15, 0.2) is 12.2 Å². The zero-order chi connectivity index (χ0) is 30.2. The van der Waals surface area contributed by atoms with Gasteiger partial charge >= 0.3 is 5.97 Å². The highest BCUT2D eigenvalue weighted by Crippen LogP contribution is 2.38. The summed E-state index contributed by atoms with van der Waals surface area (Å²) >= 11 is 16.9. The molecular formula is C26H44Cl3N3O6Si. The molecule has 2 N–H and O–H groups in total. The summed E-state index contributed by atoms with van der Waals surface area (Å²) in [4.78, 5) is 51.6. The number of amides is 2. The van der Waals surface area contributed by atoms with Crippen molar-refractivity contribution < 1.29 is 28.3 Å². The number of carbonyl (C=O) groups is 4. The monoisotopic (exact) mass is 627 g/mol. The molecule has 4 atom stereocenters. The molecule has 0 aromatic carbocycles. The number of ketones is 1. The third-order valence-corrected chi connectivity index (χ3v) is 12.0. The van der Waals surface area contributed by atoms with Crippen LogP contribution >= 0.6 is 34.8 Å². The minimum atomic E-state index is -2.24. The van der Waals surface area contributed by atoms with E-state index in [1.54, 1.807) is 26.0 Å². The Morgan fingerprint density at radius 2 is 1.77 bits per heavy atom. The van der Waals surface area contributed by atoms with E-state index in [-0.39, 0.29) is 23.7 Å². The second-order valence-corrected chi connectivity index (χ2v) is 18.7. The molecule has 13 heteroatoms. The number of hydrazine groups is 1. The number of nitrogens with one attached hydrogen (secondary N) is 2. The zero-order valence-electron chi connectivity index (χ0n) is 24.2. The lowest BCUT2D eigenvalue weighted by Gasteiger charge is -2.40. The standard InChI is InChI=1S/C26H44Cl3N3O6Si/c1-9-10-12-19(33)15-20(18(3)38-39(7,8)25(4,5)6)22(34)30-17(2)23(35)32-14-11-13-21(31-32)24(36)37-16-26(27,28)29/h9-10,17-18,20-21,31H,11-16H2,1-8H3,(H,30,34)/b10-9+/t17-,18+,20-,21-/m0/s1. The topological polar surface area (TPSA) is 114 Å². The fourth-order valence-electron chi connectivity index (χ4n) is 3.76. The summed E-state index contributed by atoms with van der Waals surface area (Å²) in [6, 6.07) is -1.72. The van der Waals surface area contributed by atoms with Crippen LogP contribution in [0.2, 0.25) is 18.1 Å². The number of carbonyl (C=O) groups excluding carboxylic acids is 4. The van der Waals surface area contributed by atoms with Crippen molar-refractivity contribution in [1.29, 1.82) is 0 Å². The SMILES string of the molecule is C/C=C/CC(=O)C[C@H](C(=O)N[C@@H](C)C(=O)N1CCC[C@@H](C(=O)OCC(Cl)(Cl)Cl)N1)[C@@H](C)O[Si](C)(C)C(C)(C)C. The third-order valence-electron chi connectivity index (χ3n) is 7.06. The summed E-state index contributed by atoms with van der Waals surface area (Å²) in [5, 5.41) is 3.96. The molecule has 0 aliphatic carbocycles. The van der Waals surface area contributed by atoms with Gasteiger partial charge in [0.05, 0.1) is 12.0 Å². The summed E-state index contributed by atoms with van der Waals surface area (Å²) in [7, 11) is -2.24. The summed E-state index contributed by atoms with van der Waals surface area (Å²) in [6.07, 6.45) is 4.18. The van der Waals surface area contributed by atoms with Crippen molar-refractivity contribution in [3.05, 3.63) is 12.2 Å². The van der Waals surface area contributed by atoms with E-state index in [1.807, 2.05) is 6.92 Å². The van der Waals surface area contributed by atoms with E-state index in [1.165, 1.54) is 5.01 Å². The Morgan fingerprint density at radius 1 is 1.15 bits per heavy atom. The molecule has 224 valence electrons. The van der Waals surface area contributed by atoms with E-state index in [2.05, 4.69) is 44.6 Å². The zero-order valence-corrected chi connectivity index (χ0v) is 27.5. The van der Waals surface area contributed by atoms with Gasteiger partial charge in [-0.2, -0.15) is 0 Å². The molecule has 0 unspecified atom stereocenters. The molecule has 1 fully saturated rings. The number of rotatable bonds is 12. The van der Waals surface area contributed by atoms with Crippen LogP contribution in [0.3, 0.4) is 0 Å². The van der Waals surface area contributed by atoms with Crippen molar-refractivity contribution >= 4 is 66.7 Å². The third kappa shape index (κ3) is 12.1. The first-order chi connectivity index (χ1) is 17.8. The fourth-order valence-corrected chi connectivity index (χ4v) is 5.37. The molecule has 0 aromatic heterocycles. The van der Waals surface area contributed by atoms with Crippen molar-refractivity contribution in [3.8, 4) is 0 Å². The molecule has 9 nitrogen and oxygen atoms in total. The maximum Gasteiger partial charge on any atom is 0.325 e. The van der Waals surface area contributed by atoms with E-state index >= 15 is 0 Å². The van der Waals surface area contributed by atoms with Crippen molar-refractivity contribution in [1.82, 2.24) is 15.8 Å². The first-order valence-corrected chi connectivity index (χ1v) is 17.2. The van der Waals surface area contributed by atoms with Crippen LogP contribution in [0, 0.1) is 5.92 Å². The largest absolute Gasteiger partial charge is 0.460 e. The van der Waals surface area contributed by atoms with Crippen LogP contribution < -0.4 is 10.7 Å². The number of alkyl halides is 3. The van der Waals surface area contributed by atoms with Crippen molar-refractivity contribution in [2.24, 2.45) is 5.92 Å². The van der Waals surface area contributed by atoms with Gasteiger partial charge in [0, 0.05) is 19.4 Å². The molecule has 39 heavy (non-hydrogen) atoms. The van der Waals surface area contributed by atoms with Crippen molar-refractivity contribution in [2.75, 3.05) is 13.2 Å². The van der Waals surface area contributed by atoms with Crippen LogP contribution in [0.4, 0.5) is 0 Å². The van der Waals surface area contributed by atoms with E-state index in [0.29, 0.717) is 19.4 Å². The van der Waals surface area contributed by atoms with E-state index in [4.69, 9.17) is 44.0 Å². The van der Waals surface area contributed by atoms with Gasteiger partial charge in [-0.3, -0.25) is 24.2 Å². The van der Waals surface area contributed by atoms with Crippen molar-refractivity contribution in [3.63, 3.8) is 0 Å². The fraction of sp³-hybridized carbons (Fsp3) is 0.769. The summed E-state index contributed by atoms with van der Waals surface area (Å²) in [5.41, 5.74) is 2.85. The van der Waals surface area contributed by atoms with E-state index in [9.17, 15) is 19.2 Å². The molecule has 1 aliphatic rings.